The average Bonchev–Trinajstić information content (AvgIpc) is 3.25. The van der Waals surface area contributed by atoms with Crippen LogP contribution in [-0.2, 0) is 37.2 Å². The Bertz CT molecular complexity index is 1460. The monoisotopic (exact) mass is 580 g/mol. The number of hydrogen-bond donors (Lipinski definition) is 0. The highest BCUT2D eigenvalue weighted by molar-refractivity contribution is 7.88. The summed E-state index contributed by atoms with van der Waals surface area (Å²) in [7, 11) is -3.68. The average molecular weight is 581 g/mol. The van der Waals surface area contributed by atoms with Gasteiger partial charge in [-0.2, -0.15) is 4.31 Å². The van der Waals surface area contributed by atoms with Gasteiger partial charge in [0.15, 0.2) is 11.5 Å². The molecule has 0 unspecified atom stereocenters. The summed E-state index contributed by atoms with van der Waals surface area (Å²) in [5.74, 6) is 1.03. The van der Waals surface area contributed by atoms with E-state index < -0.39 is 27.5 Å². The minimum atomic E-state index is -3.68. The molecule has 41 heavy (non-hydrogen) atoms. The van der Waals surface area contributed by atoms with Gasteiger partial charge in [0.25, 0.3) is 0 Å². The molecule has 6 rings (SSSR count). The second-order valence-corrected chi connectivity index (χ2v) is 14.7. The molecule has 220 valence electrons. The van der Waals surface area contributed by atoms with Crippen molar-refractivity contribution in [3.63, 3.8) is 0 Å². The molecule has 2 aliphatic carbocycles. The standard InChI is InChI=1S/C32H40N2O6S/c1-20(2)17-34(41(37,38)19-23-8-6-5-7-9-23)26-12-11-25-27-16-24-10-13-28(39-22(4)36)30-29(24)32(25,31(26)40-30)14-15-33(27)18-21(3)35/h5-10,13,20,25-27,31H,11-12,14-19H2,1-4H3/t25-,26+,27+,31-,32-/m0/s1. The molecule has 8 nitrogen and oxygen atoms in total. The van der Waals surface area contributed by atoms with Crippen molar-refractivity contribution in [2.45, 2.75) is 82.7 Å². The lowest BCUT2D eigenvalue weighted by molar-refractivity contribution is -0.132. The molecule has 0 aromatic heterocycles. The third kappa shape index (κ3) is 4.79. The first-order chi connectivity index (χ1) is 19.5. The molecule has 1 saturated heterocycles. The van der Waals surface area contributed by atoms with Crippen LogP contribution in [0.4, 0.5) is 0 Å². The van der Waals surface area contributed by atoms with E-state index in [1.54, 1.807) is 11.2 Å². The van der Waals surface area contributed by atoms with E-state index in [1.807, 2.05) is 56.3 Å². The van der Waals surface area contributed by atoms with Crippen LogP contribution in [0.3, 0.4) is 0 Å². The van der Waals surface area contributed by atoms with E-state index in [2.05, 4.69) is 4.90 Å². The van der Waals surface area contributed by atoms with Crippen LogP contribution in [0.2, 0.25) is 0 Å². The maximum absolute atomic E-state index is 14.2. The molecule has 2 heterocycles. The fourth-order valence-electron chi connectivity index (χ4n) is 8.28. The van der Waals surface area contributed by atoms with Crippen LogP contribution in [0.15, 0.2) is 42.5 Å². The van der Waals surface area contributed by atoms with Gasteiger partial charge in [0.1, 0.15) is 11.9 Å². The van der Waals surface area contributed by atoms with E-state index >= 15 is 0 Å². The second kappa shape index (κ2) is 10.5. The minimum absolute atomic E-state index is 0.0634. The van der Waals surface area contributed by atoms with Crippen LogP contribution in [0.5, 0.6) is 11.5 Å². The normalized spacial score (nSPS) is 28.3. The number of nitrogens with zero attached hydrogens (tertiary/aromatic N) is 2. The molecule has 0 radical (unpaired) electrons. The van der Waals surface area contributed by atoms with E-state index in [1.165, 1.54) is 6.92 Å². The molecule has 2 aromatic rings. The zero-order valence-corrected chi connectivity index (χ0v) is 25.2. The summed E-state index contributed by atoms with van der Waals surface area (Å²) in [5, 5.41) is 0. The maximum atomic E-state index is 14.2. The summed E-state index contributed by atoms with van der Waals surface area (Å²) in [6, 6.07) is 13.0. The number of hydrogen-bond acceptors (Lipinski definition) is 7. The third-order valence-corrected chi connectivity index (χ3v) is 11.4. The Kier molecular flexibility index (Phi) is 7.27. The van der Waals surface area contributed by atoms with Crippen molar-refractivity contribution in [3.8, 4) is 11.5 Å². The maximum Gasteiger partial charge on any atom is 0.308 e. The van der Waals surface area contributed by atoms with E-state index in [-0.39, 0.29) is 35.5 Å². The molecule has 2 aliphatic heterocycles. The molecule has 5 atom stereocenters. The number of rotatable bonds is 9. The lowest BCUT2D eigenvalue weighted by atomic mass is 9.51. The van der Waals surface area contributed by atoms with Gasteiger partial charge in [0.05, 0.1) is 18.3 Å². The number of sulfonamides is 1. The Hall–Kier alpha value is -2.75. The molecule has 9 heteroatoms. The number of benzene rings is 2. The SMILES string of the molecule is CC(=O)CN1CC[C@]23c4c5ccc(OC(C)=O)c4O[C@H]2[C@H](N(CC(C)C)S(=O)(=O)Cc2ccccc2)CC[C@H]3[C@H]1C5. The highest BCUT2D eigenvalue weighted by Crippen LogP contribution is 2.64. The van der Waals surface area contributed by atoms with Gasteiger partial charge in [-0.05, 0) is 68.2 Å². The Balaban J connectivity index is 1.46. The zero-order valence-electron chi connectivity index (χ0n) is 24.3. The first kappa shape index (κ1) is 28.4. The molecule has 1 saturated carbocycles. The first-order valence-electron chi connectivity index (χ1n) is 14.8. The second-order valence-electron chi connectivity index (χ2n) is 12.7. The fraction of sp³-hybridized carbons (Fsp3) is 0.562. The lowest BCUT2D eigenvalue weighted by Crippen LogP contribution is -2.69. The zero-order chi connectivity index (χ0) is 29.1. The van der Waals surface area contributed by atoms with Crippen molar-refractivity contribution in [2.75, 3.05) is 19.6 Å². The third-order valence-electron chi connectivity index (χ3n) is 9.53. The predicted octanol–water partition coefficient (Wildman–Crippen LogP) is 4.10. The van der Waals surface area contributed by atoms with Crippen LogP contribution in [-0.4, -0.2) is 67.2 Å². The first-order valence-corrected chi connectivity index (χ1v) is 16.4. The quantitative estimate of drug-likeness (QED) is 0.326. The summed E-state index contributed by atoms with van der Waals surface area (Å²) < 4.78 is 42.6. The minimum Gasteiger partial charge on any atom is -0.484 e. The number of Topliss-reactive ketones (excluding diaryl/α,β-unsaturated/α-hetero) is 1. The van der Waals surface area contributed by atoms with Gasteiger partial charge in [0.2, 0.25) is 10.0 Å². The summed E-state index contributed by atoms with van der Waals surface area (Å²) in [5.41, 5.74) is 2.60. The Labute approximate surface area is 243 Å². The van der Waals surface area contributed by atoms with Crippen molar-refractivity contribution >= 4 is 21.8 Å². The van der Waals surface area contributed by atoms with Crippen LogP contribution in [0.1, 0.15) is 63.6 Å². The van der Waals surface area contributed by atoms with E-state index in [9.17, 15) is 18.0 Å². The van der Waals surface area contributed by atoms with Gasteiger partial charge in [0, 0.05) is 30.5 Å². The number of esters is 1. The topological polar surface area (TPSA) is 93.2 Å². The summed E-state index contributed by atoms with van der Waals surface area (Å²) in [4.78, 5) is 26.6. The molecule has 2 fully saturated rings. The fourth-order valence-corrected chi connectivity index (χ4v) is 10.2. The van der Waals surface area contributed by atoms with E-state index in [0.29, 0.717) is 31.0 Å². The molecule has 2 aromatic carbocycles. The largest absolute Gasteiger partial charge is 0.484 e. The van der Waals surface area contributed by atoms with Gasteiger partial charge in [-0.15, -0.1) is 0 Å². The van der Waals surface area contributed by atoms with Crippen molar-refractivity contribution in [2.24, 2.45) is 11.8 Å². The highest BCUT2D eigenvalue weighted by atomic mass is 32.2. The lowest BCUT2D eigenvalue weighted by Gasteiger charge is -2.60. The molecule has 1 spiro atoms. The van der Waals surface area contributed by atoms with Crippen LogP contribution in [0.25, 0.3) is 0 Å². The van der Waals surface area contributed by atoms with Crippen LogP contribution in [0, 0.1) is 11.8 Å². The predicted molar refractivity (Wildman–Crippen MR) is 155 cm³/mol. The van der Waals surface area contributed by atoms with E-state index in [0.717, 1.165) is 42.5 Å². The number of ketones is 1. The van der Waals surface area contributed by atoms with Crippen LogP contribution >= 0.6 is 0 Å². The number of piperidine rings is 1. The van der Waals surface area contributed by atoms with Crippen molar-refractivity contribution < 1.29 is 27.5 Å². The summed E-state index contributed by atoms with van der Waals surface area (Å²) in [6.07, 6.45) is 2.67. The van der Waals surface area contributed by atoms with Gasteiger partial charge in [-0.25, -0.2) is 8.42 Å². The number of carbonyl (C=O) groups is 2. The molecule has 0 amide bonds. The van der Waals surface area contributed by atoms with E-state index in [4.69, 9.17) is 9.47 Å². The van der Waals surface area contributed by atoms with Crippen LogP contribution < -0.4 is 9.47 Å². The summed E-state index contributed by atoms with van der Waals surface area (Å²) in [6.45, 7) is 8.69. The van der Waals surface area contributed by atoms with Crippen molar-refractivity contribution in [3.05, 3.63) is 59.2 Å². The molecule has 0 N–H and O–H groups in total. The highest BCUT2D eigenvalue weighted by Gasteiger charge is 2.67. The molecule has 2 bridgehead atoms. The molecular formula is C32H40N2O6S. The van der Waals surface area contributed by atoms with Crippen molar-refractivity contribution in [1.82, 2.24) is 9.21 Å². The Morgan fingerprint density at radius 3 is 2.56 bits per heavy atom. The number of carbonyl (C=O) groups excluding carboxylic acids is 2. The van der Waals surface area contributed by atoms with Gasteiger partial charge in [-0.3, -0.25) is 14.5 Å². The smallest absolute Gasteiger partial charge is 0.308 e. The molecular weight excluding hydrogens is 540 g/mol. The number of likely N-dealkylation sites (tertiary alicyclic amines) is 1. The van der Waals surface area contributed by atoms with Gasteiger partial charge >= 0.3 is 5.97 Å². The Morgan fingerprint density at radius 1 is 1.12 bits per heavy atom. The summed E-state index contributed by atoms with van der Waals surface area (Å²) >= 11 is 0. The Morgan fingerprint density at radius 2 is 1.88 bits per heavy atom. The van der Waals surface area contributed by atoms with Gasteiger partial charge < -0.3 is 9.47 Å². The number of ether oxygens (including phenoxy) is 2. The van der Waals surface area contributed by atoms with Gasteiger partial charge in [-0.1, -0.05) is 50.2 Å². The van der Waals surface area contributed by atoms with Crippen molar-refractivity contribution in [1.29, 1.82) is 0 Å². The molecule has 4 aliphatic rings.